The number of nitrogens with zero attached hydrogens (tertiary/aromatic N) is 1. The van der Waals surface area contributed by atoms with Gasteiger partial charge in [0.05, 0.1) is 18.1 Å². The van der Waals surface area contributed by atoms with E-state index in [-0.39, 0.29) is 114 Å². The van der Waals surface area contributed by atoms with Crippen LogP contribution in [0.25, 0.3) is 0 Å². The molecule has 2 amide bonds. The van der Waals surface area contributed by atoms with E-state index in [1.165, 1.54) is 23.1 Å². The quantitative estimate of drug-likeness (QED) is 0.183. The number of hydrogen-bond donors (Lipinski definition) is 1. The number of fused-ring (bicyclic) bond motifs is 1. The maximum absolute atomic E-state index is 12.5. The number of hydrogen-bond acceptors (Lipinski definition) is 10. The summed E-state index contributed by atoms with van der Waals surface area (Å²) in [6, 6.07) is 2.77. The van der Waals surface area contributed by atoms with Crippen LogP contribution in [0.2, 0.25) is 0 Å². The monoisotopic (exact) mass is 512 g/mol. The molecule has 33 heavy (non-hydrogen) atoms. The van der Waals surface area contributed by atoms with Gasteiger partial charge >= 0.3 is 65.1 Å². The third kappa shape index (κ3) is 7.82. The molecule has 10 nitrogen and oxygen atoms in total. The zero-order valence-corrected chi connectivity index (χ0v) is 23.8. The fraction of sp³-hybridized carbons (Fsp3) is 0.421. The number of carbonyl (C=O) groups excluding carboxylic acids is 5. The first-order chi connectivity index (χ1) is 14.8. The van der Waals surface area contributed by atoms with E-state index in [9.17, 15) is 34.2 Å². The van der Waals surface area contributed by atoms with Gasteiger partial charge in [0.15, 0.2) is 0 Å². The number of rotatable bonds is 10. The third-order valence-corrected chi connectivity index (χ3v) is 6.86. The van der Waals surface area contributed by atoms with Crippen molar-refractivity contribution in [3.8, 4) is 0 Å². The summed E-state index contributed by atoms with van der Waals surface area (Å²) in [4.78, 5) is 60.4. The molecule has 1 saturated heterocycles. The summed E-state index contributed by atoms with van der Waals surface area (Å²) >= 11 is 2.66. The van der Waals surface area contributed by atoms with Crippen molar-refractivity contribution >= 4 is 52.8 Å². The first-order valence-corrected chi connectivity index (χ1v) is 11.3. The summed E-state index contributed by atoms with van der Waals surface area (Å²) in [7, 11) is 0. The molecule has 1 aromatic heterocycles. The van der Waals surface area contributed by atoms with Crippen molar-refractivity contribution in [2.24, 2.45) is 0 Å². The van der Waals surface area contributed by atoms with E-state index in [1.807, 2.05) is 11.4 Å². The number of carboxylic acids is 2. The van der Waals surface area contributed by atoms with Crippen LogP contribution in [0.5, 0.6) is 0 Å². The van der Waals surface area contributed by atoms with Crippen molar-refractivity contribution in [2.75, 3.05) is 12.4 Å². The second-order valence-corrected chi connectivity index (χ2v) is 8.97. The van der Waals surface area contributed by atoms with Gasteiger partial charge in [-0.3, -0.25) is 19.3 Å². The van der Waals surface area contributed by atoms with E-state index in [4.69, 9.17) is 4.74 Å². The van der Waals surface area contributed by atoms with E-state index in [0.29, 0.717) is 0 Å². The van der Waals surface area contributed by atoms with E-state index >= 15 is 0 Å². The number of β-lactam (4-membered cyclic amide) rings is 1. The van der Waals surface area contributed by atoms with Crippen LogP contribution in [-0.4, -0.2) is 58.4 Å². The summed E-state index contributed by atoms with van der Waals surface area (Å²) in [5.41, 5.74) is -0.161. The van der Waals surface area contributed by atoms with Gasteiger partial charge < -0.3 is 29.9 Å². The number of ether oxygens (including phenoxy) is 1. The first kappa shape index (κ1) is 30.2. The maximum Gasteiger partial charge on any atom is 1.00 e. The van der Waals surface area contributed by atoms with Crippen molar-refractivity contribution in [1.82, 2.24) is 10.2 Å². The van der Waals surface area contributed by atoms with Crippen molar-refractivity contribution in [3.63, 3.8) is 0 Å². The van der Waals surface area contributed by atoms with Gasteiger partial charge in [0.1, 0.15) is 18.0 Å². The Balaban J connectivity index is 0.00000272. The SMILES string of the molecule is O=C([O-])CCCC(=O)OCC1=C(C(=O)[O-])N2C(=O)[C@@H](NC(=O)Cc3cccs3)[C@@H]2SC1.[Na+].[Na+]. The Morgan fingerprint density at radius 1 is 1.18 bits per heavy atom. The van der Waals surface area contributed by atoms with Crippen LogP contribution in [0, 0.1) is 0 Å². The molecule has 0 saturated carbocycles. The minimum Gasteiger partial charge on any atom is -0.550 e. The van der Waals surface area contributed by atoms with Gasteiger partial charge in [-0.2, -0.15) is 0 Å². The average molecular weight is 512 g/mol. The Morgan fingerprint density at radius 2 is 1.91 bits per heavy atom. The summed E-state index contributed by atoms with van der Waals surface area (Å²) in [5.74, 6) is -4.29. The van der Waals surface area contributed by atoms with Crippen LogP contribution >= 0.6 is 23.1 Å². The van der Waals surface area contributed by atoms with E-state index in [2.05, 4.69) is 5.32 Å². The van der Waals surface area contributed by atoms with Crippen LogP contribution < -0.4 is 74.6 Å². The molecule has 166 valence electrons. The maximum atomic E-state index is 12.5. The van der Waals surface area contributed by atoms with Gasteiger partial charge in [-0.15, -0.1) is 23.1 Å². The smallest absolute Gasteiger partial charge is 0.550 e. The molecular weight excluding hydrogens is 494 g/mol. The van der Waals surface area contributed by atoms with Crippen LogP contribution in [-0.2, 0) is 35.1 Å². The number of carbonyl (C=O) groups is 5. The summed E-state index contributed by atoms with van der Waals surface area (Å²) in [6.07, 6.45) is -0.275. The van der Waals surface area contributed by atoms with E-state index in [1.54, 1.807) is 6.07 Å². The predicted molar refractivity (Wildman–Crippen MR) is 105 cm³/mol. The molecule has 2 aliphatic rings. The third-order valence-electron chi connectivity index (χ3n) is 4.64. The minimum atomic E-state index is -1.58. The van der Waals surface area contributed by atoms with Crippen LogP contribution in [0.15, 0.2) is 28.8 Å². The fourth-order valence-corrected chi connectivity index (χ4v) is 5.23. The molecule has 0 aromatic carbocycles. The molecule has 3 rings (SSSR count). The number of thiophene rings is 1. The fourth-order valence-electron chi connectivity index (χ4n) is 3.20. The Bertz CT molecular complexity index is 938. The first-order valence-electron chi connectivity index (χ1n) is 9.33. The van der Waals surface area contributed by atoms with Crippen molar-refractivity contribution in [2.45, 2.75) is 37.1 Å². The predicted octanol–water partition coefficient (Wildman–Crippen LogP) is -7.83. The zero-order valence-electron chi connectivity index (χ0n) is 18.2. The number of esters is 1. The molecule has 14 heteroatoms. The molecule has 0 spiro atoms. The molecule has 0 aliphatic carbocycles. The van der Waals surface area contributed by atoms with E-state index in [0.717, 1.165) is 9.78 Å². The second kappa shape index (κ2) is 13.9. The standard InChI is InChI=1S/C19H20N2O8S2.2Na/c22-12(7-11-3-2-6-30-11)20-15-17(26)21-16(19(27)28)10(9-31-18(15)21)8-29-14(25)5-1-4-13(23)24;;/h2-3,6,15,18H,1,4-5,7-9H2,(H,20,22)(H,23,24)(H,27,28);;/q;2*+1/p-2/t15-,18+;;/m1../s1. The summed E-state index contributed by atoms with van der Waals surface area (Å²) in [6.45, 7) is -0.355. The molecule has 0 radical (unpaired) electrons. The molecule has 0 bridgehead atoms. The number of carboxylic acid groups (broad SMARTS) is 2. The molecule has 2 aliphatic heterocycles. The van der Waals surface area contributed by atoms with Gasteiger partial charge in [-0.25, -0.2) is 0 Å². The summed E-state index contributed by atoms with van der Waals surface area (Å²) < 4.78 is 5.02. The molecule has 3 heterocycles. The Kier molecular flexibility index (Phi) is 12.7. The number of nitrogens with one attached hydrogen (secondary N) is 1. The Morgan fingerprint density at radius 3 is 2.52 bits per heavy atom. The van der Waals surface area contributed by atoms with Crippen LogP contribution in [0.3, 0.4) is 0 Å². The number of thioether (sulfide) groups is 1. The molecule has 2 atom stereocenters. The van der Waals surface area contributed by atoms with Gasteiger partial charge in [0, 0.05) is 28.6 Å². The molecule has 1 aromatic rings. The van der Waals surface area contributed by atoms with Crippen molar-refractivity contribution in [1.29, 1.82) is 0 Å². The van der Waals surface area contributed by atoms with Crippen molar-refractivity contribution < 1.29 is 98.0 Å². The Hall–Kier alpha value is -0.860. The second-order valence-electron chi connectivity index (χ2n) is 6.84. The largest absolute Gasteiger partial charge is 1.00 e. The Labute approximate surface area is 242 Å². The van der Waals surface area contributed by atoms with Crippen LogP contribution in [0.4, 0.5) is 0 Å². The average Bonchev–Trinajstić information content (AvgIpc) is 3.22. The normalized spacial score (nSPS) is 18.8. The van der Waals surface area contributed by atoms with Gasteiger partial charge in [-0.05, 0) is 24.3 Å². The number of amides is 2. The van der Waals surface area contributed by atoms with Crippen LogP contribution in [0.1, 0.15) is 24.1 Å². The number of aliphatic carboxylic acids is 2. The van der Waals surface area contributed by atoms with Gasteiger partial charge in [0.25, 0.3) is 5.91 Å². The molecule has 0 unspecified atom stereocenters. The minimum absolute atomic E-state index is 0. The topological polar surface area (TPSA) is 156 Å². The van der Waals surface area contributed by atoms with E-state index < -0.39 is 35.2 Å². The zero-order chi connectivity index (χ0) is 22.5. The van der Waals surface area contributed by atoms with Gasteiger partial charge in [-0.1, -0.05) is 6.07 Å². The molecular formula is C19H18N2Na2O8S2. The summed E-state index contributed by atoms with van der Waals surface area (Å²) in [5, 5.41) is 25.9. The van der Waals surface area contributed by atoms with Crippen molar-refractivity contribution in [3.05, 3.63) is 33.7 Å². The molecule has 1 N–H and O–H groups in total. The van der Waals surface area contributed by atoms with Gasteiger partial charge in [0.2, 0.25) is 5.91 Å². The molecule has 1 fully saturated rings.